The molecule has 112 valence electrons. The van der Waals surface area contributed by atoms with Crippen LogP contribution in [0.25, 0.3) is 22.2 Å². The zero-order chi connectivity index (χ0) is 15.5. The maximum atomic E-state index is 5.64. The van der Waals surface area contributed by atoms with E-state index in [-0.39, 0.29) is 6.61 Å². The third kappa shape index (κ3) is 2.79. The average molecular weight is 302 g/mol. The van der Waals surface area contributed by atoms with Crippen molar-refractivity contribution in [3.05, 3.63) is 78.6 Å². The van der Waals surface area contributed by atoms with Gasteiger partial charge in [-0.25, -0.2) is 0 Å². The van der Waals surface area contributed by atoms with E-state index in [2.05, 4.69) is 28.3 Å². The number of aromatic nitrogens is 2. The van der Waals surface area contributed by atoms with E-state index in [1.54, 1.807) is 0 Å². The molecule has 0 atom stereocenters. The molecule has 1 aromatic heterocycles. The molecular formula is C19H14N2O2. The van der Waals surface area contributed by atoms with E-state index < -0.39 is 0 Å². The van der Waals surface area contributed by atoms with Gasteiger partial charge in [-0.1, -0.05) is 59.8 Å². The van der Waals surface area contributed by atoms with Crippen LogP contribution in [0.2, 0.25) is 0 Å². The van der Waals surface area contributed by atoms with Crippen LogP contribution in [0, 0.1) is 0 Å². The van der Waals surface area contributed by atoms with Gasteiger partial charge in [-0.2, -0.15) is 4.98 Å². The number of rotatable bonds is 4. The number of hydrogen-bond donors (Lipinski definition) is 0. The van der Waals surface area contributed by atoms with E-state index >= 15 is 0 Å². The SMILES string of the molecule is c1ccc(OCc2noc(-c3cccc4ccccc34)n2)cc1. The molecule has 4 heteroatoms. The standard InChI is InChI=1S/C19H14N2O2/c1-2-9-15(10-3-1)22-13-18-20-19(23-21-18)17-12-6-8-14-7-4-5-11-16(14)17/h1-12H,13H2. The van der Waals surface area contributed by atoms with Crippen molar-refractivity contribution in [1.82, 2.24) is 10.1 Å². The number of para-hydroxylation sites is 1. The normalized spacial score (nSPS) is 10.8. The monoisotopic (exact) mass is 302 g/mol. The van der Waals surface area contributed by atoms with Gasteiger partial charge in [-0.15, -0.1) is 0 Å². The van der Waals surface area contributed by atoms with Gasteiger partial charge in [-0.3, -0.25) is 0 Å². The summed E-state index contributed by atoms with van der Waals surface area (Å²) in [6.07, 6.45) is 0. The number of nitrogens with zero attached hydrogens (tertiary/aromatic N) is 2. The molecule has 0 unspecified atom stereocenters. The third-order valence-corrected chi connectivity index (χ3v) is 3.60. The van der Waals surface area contributed by atoms with Crippen molar-refractivity contribution >= 4 is 10.8 Å². The fraction of sp³-hybridized carbons (Fsp3) is 0.0526. The van der Waals surface area contributed by atoms with Crippen molar-refractivity contribution < 1.29 is 9.26 Å². The van der Waals surface area contributed by atoms with Crippen LogP contribution in [0.1, 0.15) is 5.82 Å². The maximum Gasteiger partial charge on any atom is 0.258 e. The van der Waals surface area contributed by atoms with Gasteiger partial charge in [0.05, 0.1) is 0 Å². The van der Waals surface area contributed by atoms with E-state index in [9.17, 15) is 0 Å². The first-order valence-electron chi connectivity index (χ1n) is 7.39. The second-order valence-electron chi connectivity index (χ2n) is 5.14. The molecule has 4 aromatic rings. The summed E-state index contributed by atoms with van der Waals surface area (Å²) in [6.45, 7) is 0.276. The molecule has 0 amide bonds. The highest BCUT2D eigenvalue weighted by Gasteiger charge is 2.12. The van der Waals surface area contributed by atoms with Gasteiger partial charge in [0, 0.05) is 5.56 Å². The van der Waals surface area contributed by atoms with E-state index in [0.717, 1.165) is 22.1 Å². The first-order valence-corrected chi connectivity index (χ1v) is 7.39. The fourth-order valence-electron chi connectivity index (χ4n) is 2.50. The number of fused-ring (bicyclic) bond motifs is 1. The average Bonchev–Trinajstić information content (AvgIpc) is 3.09. The Kier molecular flexibility index (Phi) is 3.48. The largest absolute Gasteiger partial charge is 0.485 e. The Labute approximate surface area is 133 Å². The van der Waals surface area contributed by atoms with Crippen LogP contribution in [0.3, 0.4) is 0 Å². The molecule has 4 nitrogen and oxygen atoms in total. The Morgan fingerprint density at radius 2 is 1.61 bits per heavy atom. The molecule has 1 heterocycles. The molecule has 0 fully saturated rings. The molecule has 0 spiro atoms. The molecule has 0 N–H and O–H groups in total. The summed E-state index contributed by atoms with van der Waals surface area (Å²) in [4.78, 5) is 4.44. The van der Waals surface area contributed by atoms with E-state index in [4.69, 9.17) is 9.26 Å². The fourth-order valence-corrected chi connectivity index (χ4v) is 2.50. The molecule has 0 aliphatic carbocycles. The molecule has 0 saturated carbocycles. The minimum Gasteiger partial charge on any atom is -0.485 e. The smallest absolute Gasteiger partial charge is 0.258 e. The van der Waals surface area contributed by atoms with Crippen LogP contribution >= 0.6 is 0 Å². The predicted molar refractivity (Wildman–Crippen MR) is 88.0 cm³/mol. The zero-order valence-corrected chi connectivity index (χ0v) is 12.3. The van der Waals surface area contributed by atoms with Crippen LogP contribution in [0.5, 0.6) is 5.75 Å². The molecule has 0 bridgehead atoms. The predicted octanol–water partition coefficient (Wildman–Crippen LogP) is 4.47. The highest BCUT2D eigenvalue weighted by Crippen LogP contribution is 2.27. The molecule has 23 heavy (non-hydrogen) atoms. The summed E-state index contributed by atoms with van der Waals surface area (Å²) in [5, 5.41) is 6.24. The molecular weight excluding hydrogens is 288 g/mol. The van der Waals surface area contributed by atoms with Gasteiger partial charge in [0.1, 0.15) is 5.75 Å². The Bertz CT molecular complexity index is 927. The molecule has 0 aliphatic rings. The van der Waals surface area contributed by atoms with E-state index in [1.165, 1.54) is 0 Å². The van der Waals surface area contributed by atoms with Crippen molar-refractivity contribution in [2.45, 2.75) is 6.61 Å². The van der Waals surface area contributed by atoms with Crippen LogP contribution in [0.4, 0.5) is 0 Å². The molecule has 0 radical (unpaired) electrons. The van der Waals surface area contributed by atoms with Crippen molar-refractivity contribution in [2.75, 3.05) is 0 Å². The van der Waals surface area contributed by atoms with E-state index in [1.807, 2.05) is 54.6 Å². The van der Waals surface area contributed by atoms with Crippen LogP contribution < -0.4 is 4.74 Å². The summed E-state index contributed by atoms with van der Waals surface area (Å²) in [5.74, 6) is 1.81. The first kappa shape index (κ1) is 13.5. The Hall–Kier alpha value is -3.14. The molecule has 4 rings (SSSR count). The van der Waals surface area contributed by atoms with Gasteiger partial charge < -0.3 is 9.26 Å². The van der Waals surface area contributed by atoms with E-state index in [0.29, 0.717) is 11.7 Å². The Morgan fingerprint density at radius 3 is 2.52 bits per heavy atom. The van der Waals surface area contributed by atoms with Crippen LogP contribution in [0.15, 0.2) is 77.3 Å². The lowest BCUT2D eigenvalue weighted by Gasteiger charge is -2.02. The van der Waals surface area contributed by atoms with Gasteiger partial charge in [-0.05, 0) is 29.0 Å². The summed E-state index contributed by atoms with van der Waals surface area (Å²) in [6, 6.07) is 23.7. The van der Waals surface area contributed by atoms with Crippen molar-refractivity contribution in [2.24, 2.45) is 0 Å². The summed E-state index contributed by atoms with van der Waals surface area (Å²) in [7, 11) is 0. The minimum absolute atomic E-state index is 0.276. The highest BCUT2D eigenvalue weighted by molar-refractivity contribution is 5.94. The summed E-state index contributed by atoms with van der Waals surface area (Å²) in [5.41, 5.74) is 0.932. The lowest BCUT2D eigenvalue weighted by atomic mass is 10.0. The van der Waals surface area contributed by atoms with Gasteiger partial charge >= 0.3 is 0 Å². The zero-order valence-electron chi connectivity index (χ0n) is 12.3. The second kappa shape index (κ2) is 5.93. The number of hydrogen-bond acceptors (Lipinski definition) is 4. The molecule has 0 saturated heterocycles. The molecule has 0 aliphatic heterocycles. The van der Waals surface area contributed by atoms with Crippen molar-refractivity contribution in [1.29, 1.82) is 0 Å². The van der Waals surface area contributed by atoms with Gasteiger partial charge in [0.15, 0.2) is 6.61 Å². The number of ether oxygens (including phenoxy) is 1. The van der Waals surface area contributed by atoms with Crippen molar-refractivity contribution in [3.8, 4) is 17.2 Å². The highest BCUT2D eigenvalue weighted by atomic mass is 16.5. The topological polar surface area (TPSA) is 48.2 Å². The summed E-state index contributed by atoms with van der Waals surface area (Å²) < 4.78 is 11.0. The number of benzene rings is 3. The first-order chi connectivity index (χ1) is 11.4. The van der Waals surface area contributed by atoms with Crippen LogP contribution in [-0.2, 0) is 6.61 Å². The lowest BCUT2D eigenvalue weighted by Crippen LogP contribution is -1.97. The Morgan fingerprint density at radius 1 is 0.826 bits per heavy atom. The van der Waals surface area contributed by atoms with Crippen LogP contribution in [-0.4, -0.2) is 10.1 Å². The minimum atomic E-state index is 0.276. The molecule has 3 aromatic carbocycles. The second-order valence-corrected chi connectivity index (χ2v) is 5.14. The third-order valence-electron chi connectivity index (χ3n) is 3.60. The van der Waals surface area contributed by atoms with Gasteiger partial charge in [0.25, 0.3) is 5.89 Å². The lowest BCUT2D eigenvalue weighted by molar-refractivity contribution is 0.287. The summed E-state index contributed by atoms with van der Waals surface area (Å²) >= 11 is 0. The maximum absolute atomic E-state index is 5.64. The quantitative estimate of drug-likeness (QED) is 0.558. The van der Waals surface area contributed by atoms with Crippen molar-refractivity contribution in [3.63, 3.8) is 0 Å². The Balaban J connectivity index is 1.60. The van der Waals surface area contributed by atoms with Gasteiger partial charge in [0.2, 0.25) is 5.82 Å².